The zero-order chi connectivity index (χ0) is 19.6. The van der Waals surface area contributed by atoms with Gasteiger partial charge in [-0.1, -0.05) is 6.07 Å². The molecular formula is C21H25N7O. The number of nitrogens with zero attached hydrogens (tertiary/aromatic N) is 5. The molecule has 2 N–H and O–H groups in total. The summed E-state index contributed by atoms with van der Waals surface area (Å²) in [5, 5.41) is 10.2. The third-order valence-electron chi connectivity index (χ3n) is 5.99. The summed E-state index contributed by atoms with van der Waals surface area (Å²) in [6, 6.07) is 6.80. The Balaban J connectivity index is 1.41. The van der Waals surface area contributed by atoms with Gasteiger partial charge in [0.15, 0.2) is 5.82 Å². The van der Waals surface area contributed by atoms with E-state index in [9.17, 15) is 0 Å². The van der Waals surface area contributed by atoms with Crippen LogP contribution in [0.1, 0.15) is 25.7 Å². The number of aromatic nitrogens is 5. The third kappa shape index (κ3) is 3.55. The molecule has 0 spiro atoms. The lowest BCUT2D eigenvalue weighted by Crippen LogP contribution is -2.44. The van der Waals surface area contributed by atoms with Gasteiger partial charge < -0.3 is 15.0 Å². The van der Waals surface area contributed by atoms with Crippen molar-refractivity contribution >= 4 is 11.5 Å². The van der Waals surface area contributed by atoms with Crippen LogP contribution < -0.4 is 10.2 Å². The number of H-pyrrole nitrogens is 1. The van der Waals surface area contributed by atoms with E-state index in [0.717, 1.165) is 61.4 Å². The Morgan fingerprint density at radius 1 is 1.03 bits per heavy atom. The van der Waals surface area contributed by atoms with E-state index in [-0.39, 0.29) is 0 Å². The molecule has 1 aliphatic heterocycles. The predicted molar refractivity (Wildman–Crippen MR) is 112 cm³/mol. The van der Waals surface area contributed by atoms with E-state index >= 15 is 0 Å². The van der Waals surface area contributed by atoms with Gasteiger partial charge in [-0.3, -0.25) is 10.1 Å². The molecule has 1 aliphatic carbocycles. The SMILES string of the molecule is COC1CCC(N2CCNc3ncc(-c4ccc(-c5ncn[nH]5)nc4)cc32)CC1. The molecule has 4 heterocycles. The third-order valence-corrected chi connectivity index (χ3v) is 5.99. The van der Waals surface area contributed by atoms with Crippen molar-refractivity contribution in [2.45, 2.75) is 37.8 Å². The average Bonchev–Trinajstić information content (AvgIpc) is 3.34. The van der Waals surface area contributed by atoms with Crippen LogP contribution in [-0.2, 0) is 4.74 Å². The molecular weight excluding hydrogens is 366 g/mol. The molecule has 0 saturated heterocycles. The molecule has 0 unspecified atom stereocenters. The summed E-state index contributed by atoms with van der Waals surface area (Å²) in [6.45, 7) is 1.93. The van der Waals surface area contributed by atoms with Crippen molar-refractivity contribution in [3.63, 3.8) is 0 Å². The highest BCUT2D eigenvalue weighted by Crippen LogP contribution is 2.36. The Morgan fingerprint density at radius 3 is 2.62 bits per heavy atom. The second-order valence-corrected chi connectivity index (χ2v) is 7.64. The maximum Gasteiger partial charge on any atom is 0.174 e. The Kier molecular flexibility index (Phi) is 4.85. The van der Waals surface area contributed by atoms with Crippen molar-refractivity contribution in [2.75, 3.05) is 30.4 Å². The van der Waals surface area contributed by atoms with Crippen molar-refractivity contribution in [3.05, 3.63) is 36.9 Å². The van der Waals surface area contributed by atoms with Gasteiger partial charge in [0, 0.05) is 49.8 Å². The zero-order valence-electron chi connectivity index (χ0n) is 16.5. The van der Waals surface area contributed by atoms with Gasteiger partial charge in [-0.2, -0.15) is 5.10 Å². The van der Waals surface area contributed by atoms with Crippen LogP contribution in [-0.4, -0.2) is 57.5 Å². The van der Waals surface area contributed by atoms with Gasteiger partial charge in [0.2, 0.25) is 0 Å². The van der Waals surface area contributed by atoms with Crippen molar-refractivity contribution in [2.24, 2.45) is 0 Å². The minimum Gasteiger partial charge on any atom is -0.381 e. The van der Waals surface area contributed by atoms with Crippen molar-refractivity contribution < 1.29 is 4.74 Å². The fourth-order valence-corrected chi connectivity index (χ4v) is 4.39. The number of ether oxygens (including phenoxy) is 1. The van der Waals surface area contributed by atoms with Crippen LogP contribution in [0.25, 0.3) is 22.6 Å². The number of methoxy groups -OCH3 is 1. The molecule has 2 aliphatic rings. The number of hydrogen-bond acceptors (Lipinski definition) is 7. The quantitative estimate of drug-likeness (QED) is 0.706. The number of pyridine rings is 2. The lowest BCUT2D eigenvalue weighted by Gasteiger charge is -2.41. The summed E-state index contributed by atoms with van der Waals surface area (Å²) in [4.78, 5) is 15.9. The topological polar surface area (TPSA) is 91.9 Å². The van der Waals surface area contributed by atoms with E-state index in [1.165, 1.54) is 12.0 Å². The van der Waals surface area contributed by atoms with E-state index < -0.39 is 0 Å². The van der Waals surface area contributed by atoms with Crippen LogP contribution in [0.4, 0.5) is 11.5 Å². The Labute approximate surface area is 169 Å². The average molecular weight is 391 g/mol. The standard InChI is InChI=1S/C21H25N7O/c1-29-17-5-3-16(4-6-17)28-9-8-22-21-19(28)10-15(12-24-21)14-2-7-18(23-11-14)20-25-13-26-27-20/h2,7,10-13,16-17H,3-6,8-9H2,1H3,(H,22,24)(H,25,26,27). The van der Waals surface area contributed by atoms with Gasteiger partial charge in [-0.05, 0) is 37.8 Å². The normalized spacial score (nSPS) is 21.5. The van der Waals surface area contributed by atoms with Gasteiger partial charge in [-0.15, -0.1) is 0 Å². The predicted octanol–water partition coefficient (Wildman–Crippen LogP) is 3.12. The molecule has 1 fully saturated rings. The minimum atomic E-state index is 0.409. The van der Waals surface area contributed by atoms with E-state index in [1.54, 1.807) is 0 Å². The molecule has 0 aromatic carbocycles. The monoisotopic (exact) mass is 391 g/mol. The van der Waals surface area contributed by atoms with Crippen LogP contribution in [0.2, 0.25) is 0 Å². The highest BCUT2D eigenvalue weighted by atomic mass is 16.5. The number of rotatable bonds is 4. The first-order chi connectivity index (χ1) is 14.3. The molecule has 8 nitrogen and oxygen atoms in total. The van der Waals surface area contributed by atoms with E-state index in [4.69, 9.17) is 9.72 Å². The number of hydrogen-bond donors (Lipinski definition) is 2. The second kappa shape index (κ2) is 7.79. The summed E-state index contributed by atoms with van der Waals surface area (Å²) in [5.41, 5.74) is 4.07. The summed E-state index contributed by atoms with van der Waals surface area (Å²) < 4.78 is 5.55. The minimum absolute atomic E-state index is 0.409. The first-order valence-electron chi connectivity index (χ1n) is 10.2. The molecule has 8 heteroatoms. The molecule has 3 aromatic rings. The first kappa shape index (κ1) is 18.1. The van der Waals surface area contributed by atoms with Gasteiger partial charge in [0.25, 0.3) is 0 Å². The Bertz CT molecular complexity index is 950. The zero-order valence-corrected chi connectivity index (χ0v) is 16.5. The summed E-state index contributed by atoms with van der Waals surface area (Å²) in [5.74, 6) is 1.64. The second-order valence-electron chi connectivity index (χ2n) is 7.64. The molecule has 1 saturated carbocycles. The van der Waals surface area contributed by atoms with Crippen LogP contribution in [0.5, 0.6) is 0 Å². The van der Waals surface area contributed by atoms with Crippen molar-refractivity contribution in [1.29, 1.82) is 0 Å². The first-order valence-corrected chi connectivity index (χ1v) is 10.2. The molecule has 29 heavy (non-hydrogen) atoms. The summed E-state index contributed by atoms with van der Waals surface area (Å²) in [7, 11) is 1.82. The molecule has 0 atom stereocenters. The Morgan fingerprint density at radius 2 is 1.90 bits per heavy atom. The number of nitrogens with one attached hydrogen (secondary N) is 2. The van der Waals surface area contributed by atoms with Crippen molar-refractivity contribution in [1.82, 2.24) is 25.1 Å². The van der Waals surface area contributed by atoms with Crippen LogP contribution >= 0.6 is 0 Å². The molecule has 3 aromatic heterocycles. The maximum absolute atomic E-state index is 5.55. The van der Waals surface area contributed by atoms with Crippen LogP contribution in [0, 0.1) is 0 Å². The highest BCUT2D eigenvalue weighted by molar-refractivity contribution is 5.76. The van der Waals surface area contributed by atoms with Gasteiger partial charge in [0.05, 0.1) is 11.8 Å². The van der Waals surface area contributed by atoms with Crippen LogP contribution in [0.15, 0.2) is 36.9 Å². The Hall–Kier alpha value is -3.00. The summed E-state index contributed by atoms with van der Waals surface area (Å²) >= 11 is 0. The van der Waals surface area contributed by atoms with Gasteiger partial charge >= 0.3 is 0 Å². The maximum atomic E-state index is 5.55. The smallest absolute Gasteiger partial charge is 0.174 e. The summed E-state index contributed by atoms with van der Waals surface area (Å²) in [6.07, 6.45) is 10.3. The lowest BCUT2D eigenvalue weighted by atomic mass is 9.91. The number of aromatic amines is 1. The van der Waals surface area contributed by atoms with Crippen molar-refractivity contribution in [3.8, 4) is 22.6 Å². The molecule has 0 bridgehead atoms. The highest BCUT2D eigenvalue weighted by Gasteiger charge is 2.29. The molecule has 0 amide bonds. The fraction of sp³-hybridized carbons (Fsp3) is 0.429. The molecule has 150 valence electrons. The van der Waals surface area contributed by atoms with Crippen LogP contribution in [0.3, 0.4) is 0 Å². The lowest BCUT2D eigenvalue weighted by molar-refractivity contribution is 0.0655. The van der Waals surface area contributed by atoms with E-state index in [2.05, 4.69) is 42.5 Å². The van der Waals surface area contributed by atoms with Gasteiger partial charge in [-0.25, -0.2) is 9.97 Å². The molecule has 0 radical (unpaired) electrons. The molecule has 5 rings (SSSR count). The number of fused-ring (bicyclic) bond motifs is 1. The van der Waals surface area contributed by atoms with E-state index in [0.29, 0.717) is 18.0 Å². The number of anilines is 2. The van der Waals surface area contributed by atoms with E-state index in [1.807, 2.05) is 25.6 Å². The largest absolute Gasteiger partial charge is 0.381 e. The van der Waals surface area contributed by atoms with Gasteiger partial charge in [0.1, 0.15) is 17.8 Å². The fourth-order valence-electron chi connectivity index (χ4n) is 4.39.